The van der Waals surface area contributed by atoms with Gasteiger partial charge in [-0.1, -0.05) is 29.8 Å². The van der Waals surface area contributed by atoms with Gasteiger partial charge >= 0.3 is 0 Å². The maximum absolute atomic E-state index is 14.7. The molecule has 0 aromatic heterocycles. The summed E-state index contributed by atoms with van der Waals surface area (Å²) in [5.41, 5.74) is 0.909. The Morgan fingerprint density at radius 3 is 2.69 bits per heavy atom. The Hall–Kier alpha value is -2.97. The molecule has 0 spiro atoms. The van der Waals surface area contributed by atoms with Gasteiger partial charge in [-0.15, -0.1) is 0 Å². The summed E-state index contributed by atoms with van der Waals surface area (Å²) in [7, 11) is 0. The molecule has 4 rings (SSSR count). The predicted molar refractivity (Wildman–Crippen MR) is 121 cm³/mol. The van der Waals surface area contributed by atoms with Crippen LogP contribution < -0.4 is 14.8 Å². The molecule has 0 atom stereocenters. The molecule has 0 saturated carbocycles. The van der Waals surface area contributed by atoms with Gasteiger partial charge in [0.2, 0.25) is 0 Å². The van der Waals surface area contributed by atoms with Gasteiger partial charge in [0.25, 0.3) is 5.91 Å². The largest absolute Gasteiger partial charge is 0.505 e. The van der Waals surface area contributed by atoms with Crippen molar-refractivity contribution in [2.24, 2.45) is 0 Å². The lowest BCUT2D eigenvalue weighted by atomic mass is 10.0. The number of fused-ring (bicyclic) bond motifs is 6. The summed E-state index contributed by atoms with van der Waals surface area (Å²) >= 11 is 6.94. The lowest BCUT2D eigenvalue weighted by Crippen LogP contribution is -2.24. The normalized spacial score (nSPS) is 14.4. The summed E-state index contributed by atoms with van der Waals surface area (Å²) in [5, 5.41) is 13.1. The maximum atomic E-state index is 14.7. The molecule has 1 aliphatic heterocycles. The van der Waals surface area contributed by atoms with Crippen LogP contribution in [0.5, 0.6) is 11.5 Å². The highest BCUT2D eigenvalue weighted by atomic mass is 35.5. The van der Waals surface area contributed by atoms with Crippen molar-refractivity contribution in [1.82, 2.24) is 5.32 Å². The molecule has 4 bridgehead atoms. The van der Waals surface area contributed by atoms with Crippen LogP contribution in [0.1, 0.15) is 23.2 Å². The number of phenols is 1. The number of rotatable bonds is 0. The van der Waals surface area contributed by atoms with E-state index in [1.165, 1.54) is 18.2 Å². The van der Waals surface area contributed by atoms with E-state index in [4.69, 9.17) is 16.3 Å². The zero-order chi connectivity index (χ0) is 22.7. The van der Waals surface area contributed by atoms with Crippen LogP contribution in [-0.4, -0.2) is 24.2 Å². The van der Waals surface area contributed by atoms with Gasteiger partial charge < -0.3 is 19.9 Å². The van der Waals surface area contributed by atoms with Crippen LogP contribution >= 0.6 is 23.5 Å². The number of nitrogens with one attached hydrogen (secondary N) is 2. The zero-order valence-electron chi connectivity index (χ0n) is 16.8. The fraction of sp³-hybridized carbons (Fsp3) is 0.174. The van der Waals surface area contributed by atoms with Gasteiger partial charge in [-0.3, -0.25) is 4.79 Å². The number of hydrogen-bond donors (Lipinski definition) is 3. The minimum absolute atomic E-state index is 0.00380. The Balaban J connectivity index is 1.77. The molecular formula is C23H19ClF2N2O3S. The summed E-state index contributed by atoms with van der Waals surface area (Å²) in [4.78, 5) is 12.7. The molecule has 0 unspecified atom stereocenters. The molecule has 9 heteroatoms. The molecule has 1 amide bonds. The number of benzene rings is 3. The monoisotopic (exact) mass is 476 g/mol. The first kappa shape index (κ1) is 22.2. The van der Waals surface area contributed by atoms with Crippen LogP contribution in [0.3, 0.4) is 0 Å². The number of para-hydroxylation sites is 1. The second-order valence-electron chi connectivity index (χ2n) is 7.13. The second-order valence-corrected chi connectivity index (χ2v) is 8.38. The van der Waals surface area contributed by atoms with E-state index >= 15 is 0 Å². The first-order chi connectivity index (χ1) is 15.4. The van der Waals surface area contributed by atoms with E-state index in [1.807, 2.05) is 0 Å². The molecule has 0 saturated heterocycles. The van der Waals surface area contributed by atoms with Crippen LogP contribution in [0.25, 0.3) is 11.1 Å². The minimum Gasteiger partial charge on any atom is -0.505 e. The molecular weight excluding hydrogens is 458 g/mol. The number of hydrogen-bond acceptors (Lipinski definition) is 5. The number of ether oxygens (including phenoxy) is 1. The minimum atomic E-state index is -0.811. The van der Waals surface area contributed by atoms with Gasteiger partial charge in [-0.25, -0.2) is 8.78 Å². The predicted octanol–water partition coefficient (Wildman–Crippen LogP) is 6.01. The average Bonchev–Trinajstić information content (AvgIpc) is 2.77. The van der Waals surface area contributed by atoms with Crippen LogP contribution in [0, 0.1) is 11.6 Å². The Kier molecular flexibility index (Phi) is 6.72. The van der Waals surface area contributed by atoms with E-state index in [0.717, 1.165) is 18.0 Å². The first-order valence-electron chi connectivity index (χ1n) is 9.89. The fourth-order valence-corrected chi connectivity index (χ4v) is 4.30. The van der Waals surface area contributed by atoms with E-state index in [2.05, 4.69) is 10.0 Å². The Morgan fingerprint density at radius 2 is 1.84 bits per heavy atom. The second kappa shape index (κ2) is 9.67. The summed E-state index contributed by atoms with van der Waals surface area (Å²) in [6, 6.07) is 11.9. The van der Waals surface area contributed by atoms with Crippen LogP contribution in [0.2, 0.25) is 5.02 Å². The smallest absolute Gasteiger partial charge is 0.251 e. The van der Waals surface area contributed by atoms with Crippen molar-refractivity contribution in [2.75, 3.05) is 17.9 Å². The van der Waals surface area contributed by atoms with Gasteiger partial charge in [-0.2, -0.15) is 0 Å². The molecule has 0 aliphatic carbocycles. The van der Waals surface area contributed by atoms with Gasteiger partial charge in [0.05, 0.1) is 22.2 Å². The molecule has 3 N–H and O–H groups in total. The highest BCUT2D eigenvalue weighted by molar-refractivity contribution is 8.00. The van der Waals surface area contributed by atoms with Crippen molar-refractivity contribution in [1.29, 1.82) is 0 Å². The van der Waals surface area contributed by atoms with Crippen molar-refractivity contribution in [3.63, 3.8) is 0 Å². The Labute approximate surface area is 192 Å². The zero-order valence-corrected chi connectivity index (χ0v) is 18.3. The van der Waals surface area contributed by atoms with Crippen molar-refractivity contribution < 1.29 is 23.4 Å². The molecule has 166 valence electrons. The SMILES string of the molecule is O=C1NCCCCOc2ccccc2-c2cc(c(F)cc2F)NSc2cc1cc(Cl)c2O. The van der Waals surface area contributed by atoms with Crippen molar-refractivity contribution in [2.45, 2.75) is 17.7 Å². The third-order valence-corrected chi connectivity index (χ3v) is 6.05. The highest BCUT2D eigenvalue weighted by Gasteiger charge is 2.18. The molecule has 0 fully saturated rings. The van der Waals surface area contributed by atoms with E-state index in [1.54, 1.807) is 24.3 Å². The van der Waals surface area contributed by atoms with Gasteiger partial charge in [0, 0.05) is 29.3 Å². The number of carbonyl (C=O) groups excluding carboxylic acids is 1. The standard InChI is InChI=1S/C23H19ClF2N2O3S/c24-16-9-13-10-21(22(16)29)32-28-19-11-15(17(25)12-18(19)26)14-5-1-2-6-20(14)31-8-4-3-7-27-23(13)30/h1-2,5-6,9-12,28-29H,3-4,7-8H2,(H,27,30). The Morgan fingerprint density at radius 1 is 1.03 bits per heavy atom. The van der Waals surface area contributed by atoms with E-state index in [0.29, 0.717) is 37.3 Å². The third-order valence-electron chi connectivity index (χ3n) is 4.91. The van der Waals surface area contributed by atoms with Gasteiger partial charge in [0.15, 0.2) is 0 Å². The molecule has 5 nitrogen and oxygen atoms in total. The van der Waals surface area contributed by atoms with Gasteiger partial charge in [-0.05, 0) is 49.1 Å². The lowest BCUT2D eigenvalue weighted by molar-refractivity contribution is 0.0952. The molecule has 1 heterocycles. The van der Waals surface area contributed by atoms with Crippen molar-refractivity contribution >= 4 is 35.1 Å². The summed E-state index contributed by atoms with van der Waals surface area (Å²) in [5.74, 6) is -1.66. The van der Waals surface area contributed by atoms with Crippen LogP contribution in [-0.2, 0) is 0 Å². The quantitative estimate of drug-likeness (QED) is 0.346. The Bertz CT molecular complexity index is 1180. The number of halogens is 3. The van der Waals surface area contributed by atoms with Crippen LogP contribution in [0.4, 0.5) is 14.5 Å². The molecule has 1 aliphatic rings. The fourth-order valence-electron chi connectivity index (χ4n) is 3.25. The van der Waals surface area contributed by atoms with E-state index in [-0.39, 0.29) is 38.4 Å². The molecule has 0 radical (unpaired) electrons. The lowest BCUT2D eigenvalue weighted by Gasteiger charge is -2.14. The first-order valence-corrected chi connectivity index (χ1v) is 11.1. The number of aromatic hydroxyl groups is 1. The molecule has 3 aromatic rings. The molecule has 32 heavy (non-hydrogen) atoms. The van der Waals surface area contributed by atoms with Crippen molar-refractivity contribution in [3.8, 4) is 22.6 Å². The van der Waals surface area contributed by atoms with Crippen LogP contribution in [0.15, 0.2) is 53.4 Å². The summed E-state index contributed by atoms with van der Waals surface area (Å²) in [6.07, 6.45) is 1.32. The number of phenolic OH excluding ortho intramolecular Hbond substituents is 1. The summed E-state index contributed by atoms with van der Waals surface area (Å²) < 4.78 is 37.8. The number of anilines is 1. The van der Waals surface area contributed by atoms with E-state index < -0.39 is 11.6 Å². The number of amides is 1. The van der Waals surface area contributed by atoms with Crippen molar-refractivity contribution in [3.05, 3.63) is 70.8 Å². The topological polar surface area (TPSA) is 70.6 Å². The summed E-state index contributed by atoms with van der Waals surface area (Å²) in [6.45, 7) is 0.787. The third kappa shape index (κ3) is 4.76. The average molecular weight is 477 g/mol. The maximum Gasteiger partial charge on any atom is 0.251 e. The number of carbonyl (C=O) groups is 1. The van der Waals surface area contributed by atoms with E-state index in [9.17, 15) is 18.7 Å². The van der Waals surface area contributed by atoms with Gasteiger partial charge in [0.1, 0.15) is 23.1 Å². The molecule has 3 aromatic carbocycles. The highest BCUT2D eigenvalue weighted by Crippen LogP contribution is 2.39.